The third kappa shape index (κ3) is 4.23. The SMILES string of the molecule is C1=C(N(c2ccccc2)c2ccc(C3(c4ccccc4)c4ccccc4-c4ccccc43)cc2)C(c2ccccc2)CCC1. The number of para-hydroxylation sites is 1. The van der Waals surface area contributed by atoms with Gasteiger partial charge in [0, 0.05) is 23.0 Å². The predicted molar refractivity (Wildman–Crippen MR) is 183 cm³/mol. The minimum Gasteiger partial charge on any atom is -0.314 e. The van der Waals surface area contributed by atoms with Crippen LogP contribution in [0.2, 0.25) is 0 Å². The van der Waals surface area contributed by atoms with Crippen molar-refractivity contribution in [3.8, 4) is 11.1 Å². The van der Waals surface area contributed by atoms with Crippen LogP contribution in [-0.4, -0.2) is 0 Å². The van der Waals surface area contributed by atoms with Crippen molar-refractivity contribution in [2.24, 2.45) is 0 Å². The van der Waals surface area contributed by atoms with Crippen molar-refractivity contribution in [1.29, 1.82) is 0 Å². The van der Waals surface area contributed by atoms with Gasteiger partial charge < -0.3 is 4.90 Å². The van der Waals surface area contributed by atoms with E-state index in [4.69, 9.17) is 0 Å². The van der Waals surface area contributed by atoms with E-state index in [1.165, 1.54) is 62.4 Å². The molecule has 0 bridgehead atoms. The average Bonchev–Trinajstić information content (AvgIpc) is 3.41. The molecule has 0 N–H and O–H groups in total. The van der Waals surface area contributed by atoms with Gasteiger partial charge in [0.2, 0.25) is 0 Å². The Labute approximate surface area is 260 Å². The van der Waals surface area contributed by atoms with E-state index in [0.29, 0.717) is 5.92 Å². The molecule has 0 saturated carbocycles. The highest BCUT2D eigenvalue weighted by atomic mass is 15.2. The number of anilines is 2. The molecule has 44 heavy (non-hydrogen) atoms. The highest BCUT2D eigenvalue weighted by Crippen LogP contribution is 2.56. The second kappa shape index (κ2) is 11.2. The minimum absolute atomic E-state index is 0.356. The fourth-order valence-electron chi connectivity index (χ4n) is 7.73. The van der Waals surface area contributed by atoms with Gasteiger partial charge in [-0.15, -0.1) is 0 Å². The maximum Gasteiger partial charge on any atom is 0.0713 e. The zero-order valence-corrected chi connectivity index (χ0v) is 24.8. The number of benzene rings is 6. The van der Waals surface area contributed by atoms with Crippen LogP contribution in [0.1, 0.15) is 53.0 Å². The van der Waals surface area contributed by atoms with Crippen molar-refractivity contribution < 1.29 is 0 Å². The molecular formula is C43H35N. The zero-order chi connectivity index (χ0) is 29.3. The molecule has 1 atom stereocenters. The summed E-state index contributed by atoms with van der Waals surface area (Å²) in [6, 6.07) is 60.3. The second-order valence-electron chi connectivity index (χ2n) is 11.9. The second-order valence-corrected chi connectivity index (χ2v) is 11.9. The fraction of sp³-hybridized carbons (Fsp3) is 0.116. The molecule has 8 rings (SSSR count). The number of allylic oxidation sites excluding steroid dienone is 2. The van der Waals surface area contributed by atoms with Crippen LogP contribution in [0.4, 0.5) is 11.4 Å². The number of fused-ring (bicyclic) bond motifs is 3. The number of hydrogen-bond acceptors (Lipinski definition) is 1. The van der Waals surface area contributed by atoms with Crippen molar-refractivity contribution in [1.82, 2.24) is 0 Å². The Balaban J connectivity index is 1.31. The van der Waals surface area contributed by atoms with Gasteiger partial charge in [-0.3, -0.25) is 0 Å². The number of rotatable bonds is 6. The van der Waals surface area contributed by atoms with Gasteiger partial charge >= 0.3 is 0 Å². The molecule has 0 spiro atoms. The molecule has 0 aliphatic heterocycles. The first-order valence-electron chi connectivity index (χ1n) is 15.8. The van der Waals surface area contributed by atoms with Crippen molar-refractivity contribution in [3.63, 3.8) is 0 Å². The molecule has 0 heterocycles. The van der Waals surface area contributed by atoms with E-state index in [1.54, 1.807) is 0 Å². The zero-order valence-electron chi connectivity index (χ0n) is 24.8. The number of nitrogens with zero attached hydrogens (tertiary/aromatic N) is 1. The first-order chi connectivity index (χ1) is 21.9. The molecular weight excluding hydrogens is 530 g/mol. The Morgan fingerprint density at radius 1 is 0.477 bits per heavy atom. The molecule has 212 valence electrons. The normalized spacial score (nSPS) is 16.5. The van der Waals surface area contributed by atoms with Crippen LogP contribution in [-0.2, 0) is 5.41 Å². The quantitative estimate of drug-likeness (QED) is 0.194. The summed E-state index contributed by atoms with van der Waals surface area (Å²) in [7, 11) is 0. The van der Waals surface area contributed by atoms with Crippen molar-refractivity contribution in [2.75, 3.05) is 4.90 Å². The summed E-state index contributed by atoms with van der Waals surface area (Å²) in [5.41, 5.74) is 12.7. The summed E-state index contributed by atoms with van der Waals surface area (Å²) in [6.45, 7) is 0. The molecule has 1 unspecified atom stereocenters. The van der Waals surface area contributed by atoms with Gasteiger partial charge in [-0.05, 0) is 82.5 Å². The largest absolute Gasteiger partial charge is 0.314 e. The predicted octanol–water partition coefficient (Wildman–Crippen LogP) is 11.0. The highest BCUT2D eigenvalue weighted by molar-refractivity contribution is 5.86. The Bertz CT molecular complexity index is 1880. The maximum absolute atomic E-state index is 2.49. The molecule has 0 saturated heterocycles. The standard InChI is InChI=1S/C43H35N/c1-4-16-32(17-5-1)37-22-12-15-27-42(37)44(35-20-8-3-9-21-35)36-30-28-34(29-31-36)43(33-18-6-2-7-19-33)40-25-13-10-23-38(40)39-24-11-14-26-41(39)43/h1-11,13-14,16-21,23-31,37H,12,15,22H2. The highest BCUT2D eigenvalue weighted by Gasteiger charge is 2.45. The van der Waals surface area contributed by atoms with Gasteiger partial charge in [0.25, 0.3) is 0 Å². The minimum atomic E-state index is -0.388. The van der Waals surface area contributed by atoms with Crippen LogP contribution in [0.25, 0.3) is 11.1 Å². The van der Waals surface area contributed by atoms with Gasteiger partial charge in [-0.2, -0.15) is 0 Å². The Hall–Kier alpha value is -5.14. The van der Waals surface area contributed by atoms with Gasteiger partial charge in [-0.1, -0.05) is 146 Å². The molecule has 1 nitrogen and oxygen atoms in total. The van der Waals surface area contributed by atoms with Crippen molar-refractivity contribution in [2.45, 2.75) is 30.6 Å². The Morgan fingerprint density at radius 2 is 0.977 bits per heavy atom. The van der Waals surface area contributed by atoms with E-state index in [9.17, 15) is 0 Å². The summed E-state index contributed by atoms with van der Waals surface area (Å²) in [6.07, 6.45) is 5.94. The summed E-state index contributed by atoms with van der Waals surface area (Å²) in [5.74, 6) is 0.356. The molecule has 6 aromatic rings. The van der Waals surface area contributed by atoms with Crippen LogP contribution in [0, 0.1) is 0 Å². The molecule has 1 heteroatoms. The van der Waals surface area contributed by atoms with Gasteiger partial charge in [0.1, 0.15) is 0 Å². The lowest BCUT2D eigenvalue weighted by Crippen LogP contribution is -2.29. The topological polar surface area (TPSA) is 3.24 Å². The summed E-state index contributed by atoms with van der Waals surface area (Å²) >= 11 is 0. The first kappa shape index (κ1) is 26.5. The molecule has 0 aromatic heterocycles. The fourth-order valence-corrected chi connectivity index (χ4v) is 7.73. The Kier molecular flexibility index (Phi) is 6.72. The van der Waals surface area contributed by atoms with Crippen LogP contribution in [0.15, 0.2) is 176 Å². The average molecular weight is 566 g/mol. The van der Waals surface area contributed by atoms with Crippen molar-refractivity contribution >= 4 is 11.4 Å². The van der Waals surface area contributed by atoms with Gasteiger partial charge in [0.05, 0.1) is 5.41 Å². The lowest BCUT2D eigenvalue weighted by molar-refractivity contribution is 0.613. The molecule has 6 aromatic carbocycles. The lowest BCUT2D eigenvalue weighted by atomic mass is 9.67. The summed E-state index contributed by atoms with van der Waals surface area (Å²) in [4.78, 5) is 2.49. The van der Waals surface area contributed by atoms with E-state index < -0.39 is 0 Å². The maximum atomic E-state index is 2.49. The van der Waals surface area contributed by atoms with E-state index >= 15 is 0 Å². The molecule has 0 amide bonds. The third-order valence-corrected chi connectivity index (χ3v) is 9.60. The van der Waals surface area contributed by atoms with E-state index in [-0.39, 0.29) is 5.41 Å². The lowest BCUT2D eigenvalue weighted by Gasteiger charge is -2.37. The summed E-state index contributed by atoms with van der Waals surface area (Å²) in [5, 5.41) is 0. The smallest absolute Gasteiger partial charge is 0.0713 e. The van der Waals surface area contributed by atoms with E-state index in [1.807, 2.05) is 0 Å². The van der Waals surface area contributed by atoms with Crippen molar-refractivity contribution in [3.05, 3.63) is 203 Å². The van der Waals surface area contributed by atoms with E-state index in [2.05, 4.69) is 175 Å². The molecule has 2 aliphatic carbocycles. The first-order valence-corrected chi connectivity index (χ1v) is 15.8. The summed E-state index contributed by atoms with van der Waals surface area (Å²) < 4.78 is 0. The van der Waals surface area contributed by atoms with Gasteiger partial charge in [-0.25, -0.2) is 0 Å². The molecule has 0 fully saturated rings. The van der Waals surface area contributed by atoms with E-state index in [0.717, 1.165) is 12.8 Å². The third-order valence-electron chi connectivity index (χ3n) is 9.60. The van der Waals surface area contributed by atoms with Crippen LogP contribution < -0.4 is 4.90 Å². The molecule has 0 radical (unpaired) electrons. The molecule has 2 aliphatic rings. The Morgan fingerprint density at radius 3 is 1.61 bits per heavy atom. The van der Waals surface area contributed by atoms with Crippen LogP contribution >= 0.6 is 0 Å². The van der Waals surface area contributed by atoms with Crippen LogP contribution in [0.3, 0.4) is 0 Å². The van der Waals surface area contributed by atoms with Gasteiger partial charge in [0.15, 0.2) is 0 Å². The number of hydrogen-bond donors (Lipinski definition) is 0. The van der Waals surface area contributed by atoms with Crippen LogP contribution in [0.5, 0.6) is 0 Å². The monoisotopic (exact) mass is 565 g/mol.